The van der Waals surface area contributed by atoms with E-state index < -0.39 is 0 Å². The van der Waals surface area contributed by atoms with E-state index in [0.29, 0.717) is 0 Å². The van der Waals surface area contributed by atoms with Crippen molar-refractivity contribution in [2.45, 2.75) is 71.6 Å². The van der Waals surface area contributed by atoms with Crippen molar-refractivity contribution in [2.24, 2.45) is 5.92 Å². The van der Waals surface area contributed by atoms with E-state index in [4.69, 9.17) is 4.74 Å². The Morgan fingerprint density at radius 3 is 2.16 bits per heavy atom. The zero-order chi connectivity index (χ0) is 17.7. The first kappa shape index (κ1) is 19.6. The van der Waals surface area contributed by atoms with Crippen molar-refractivity contribution in [3.05, 3.63) is 60.2 Å². The van der Waals surface area contributed by atoms with Gasteiger partial charge in [-0.2, -0.15) is 0 Å². The predicted octanol–water partition coefficient (Wildman–Crippen LogP) is 7.80. The summed E-state index contributed by atoms with van der Waals surface area (Å²) in [7, 11) is 0. The molecule has 0 spiro atoms. The van der Waals surface area contributed by atoms with Gasteiger partial charge in [0.15, 0.2) is 0 Å². The molecule has 2 aromatic carbocycles. The molecule has 2 rings (SSSR count). The van der Waals surface area contributed by atoms with Gasteiger partial charge in [0, 0.05) is 0 Å². The molecule has 0 radical (unpaired) electrons. The van der Waals surface area contributed by atoms with Crippen molar-refractivity contribution in [1.82, 2.24) is 0 Å². The Morgan fingerprint density at radius 2 is 1.40 bits per heavy atom. The molecule has 2 aromatic rings. The fourth-order valence-corrected chi connectivity index (χ4v) is 3.40. The number of para-hydroxylation sites is 2. The van der Waals surface area contributed by atoms with Crippen molar-refractivity contribution >= 4 is 0 Å². The lowest BCUT2D eigenvalue weighted by molar-refractivity contribution is 0.401. The summed E-state index contributed by atoms with van der Waals surface area (Å²) >= 11 is 0. The van der Waals surface area contributed by atoms with Crippen LogP contribution in [0.2, 0.25) is 0 Å². The number of unbranched alkanes of at least 4 members (excludes halogenated alkanes) is 4. The topological polar surface area (TPSA) is 9.23 Å². The van der Waals surface area contributed by atoms with Crippen LogP contribution >= 0.6 is 0 Å². The third-order valence-electron chi connectivity index (χ3n) is 4.88. The van der Waals surface area contributed by atoms with E-state index in [0.717, 1.165) is 23.8 Å². The highest BCUT2D eigenvalue weighted by Gasteiger charge is 2.13. The van der Waals surface area contributed by atoms with Gasteiger partial charge in [-0.3, -0.25) is 0 Å². The first-order valence-electron chi connectivity index (χ1n) is 10.1. The van der Waals surface area contributed by atoms with E-state index in [-0.39, 0.29) is 0 Å². The van der Waals surface area contributed by atoms with Crippen LogP contribution in [0.3, 0.4) is 0 Å². The van der Waals surface area contributed by atoms with Gasteiger partial charge in [0.2, 0.25) is 0 Å². The molecule has 0 saturated carbocycles. The molecular formula is C24H34O. The summed E-state index contributed by atoms with van der Waals surface area (Å²) in [6.07, 6.45) is 11.9. The highest BCUT2D eigenvalue weighted by Crippen LogP contribution is 2.30. The van der Waals surface area contributed by atoms with Gasteiger partial charge in [0.1, 0.15) is 11.5 Å². The molecule has 0 aliphatic carbocycles. The molecule has 0 heterocycles. The van der Waals surface area contributed by atoms with E-state index in [1.807, 2.05) is 30.3 Å². The molecule has 0 bridgehead atoms. The number of hydrogen-bond donors (Lipinski definition) is 0. The van der Waals surface area contributed by atoms with Gasteiger partial charge in [-0.15, -0.1) is 0 Å². The lowest BCUT2D eigenvalue weighted by Crippen LogP contribution is -2.06. The summed E-state index contributed by atoms with van der Waals surface area (Å²) in [4.78, 5) is 0. The van der Waals surface area contributed by atoms with Crippen molar-refractivity contribution in [3.8, 4) is 11.5 Å². The average Bonchev–Trinajstić information content (AvgIpc) is 2.65. The monoisotopic (exact) mass is 338 g/mol. The molecule has 0 fully saturated rings. The second-order valence-corrected chi connectivity index (χ2v) is 7.08. The molecule has 0 amide bonds. The second-order valence-electron chi connectivity index (χ2n) is 7.08. The van der Waals surface area contributed by atoms with Crippen LogP contribution in [0.1, 0.15) is 70.8 Å². The Bertz CT molecular complexity index is 576. The summed E-state index contributed by atoms with van der Waals surface area (Å²) in [6.45, 7) is 4.58. The molecule has 1 atom stereocenters. The number of benzene rings is 2. The molecular weight excluding hydrogens is 304 g/mol. The lowest BCUT2D eigenvalue weighted by atomic mass is 9.89. The lowest BCUT2D eigenvalue weighted by Gasteiger charge is -2.19. The van der Waals surface area contributed by atoms with Crippen molar-refractivity contribution < 1.29 is 4.74 Å². The van der Waals surface area contributed by atoms with Gasteiger partial charge in [0.05, 0.1) is 0 Å². The van der Waals surface area contributed by atoms with E-state index in [1.54, 1.807) is 0 Å². The maximum absolute atomic E-state index is 6.16. The fourth-order valence-electron chi connectivity index (χ4n) is 3.40. The molecule has 0 aliphatic heterocycles. The third-order valence-corrected chi connectivity index (χ3v) is 4.88. The Kier molecular flexibility index (Phi) is 9.18. The van der Waals surface area contributed by atoms with E-state index in [1.165, 1.54) is 56.9 Å². The molecule has 136 valence electrons. The molecule has 0 aromatic heterocycles. The van der Waals surface area contributed by atoms with Crippen LogP contribution in [-0.4, -0.2) is 0 Å². The maximum Gasteiger partial charge on any atom is 0.130 e. The molecule has 25 heavy (non-hydrogen) atoms. The van der Waals surface area contributed by atoms with Crippen molar-refractivity contribution in [3.63, 3.8) is 0 Å². The largest absolute Gasteiger partial charge is 0.457 e. The quantitative estimate of drug-likeness (QED) is 0.359. The van der Waals surface area contributed by atoms with Gasteiger partial charge < -0.3 is 4.74 Å². The van der Waals surface area contributed by atoms with Crippen LogP contribution in [0.5, 0.6) is 11.5 Å². The van der Waals surface area contributed by atoms with Crippen LogP contribution in [0, 0.1) is 5.92 Å². The number of rotatable bonds is 12. The summed E-state index contributed by atoms with van der Waals surface area (Å²) in [5.74, 6) is 2.71. The maximum atomic E-state index is 6.16. The van der Waals surface area contributed by atoms with Crippen molar-refractivity contribution in [1.29, 1.82) is 0 Å². The van der Waals surface area contributed by atoms with E-state index >= 15 is 0 Å². The smallest absolute Gasteiger partial charge is 0.130 e. The van der Waals surface area contributed by atoms with Gasteiger partial charge in [-0.25, -0.2) is 0 Å². The van der Waals surface area contributed by atoms with Gasteiger partial charge in [-0.1, -0.05) is 102 Å². The van der Waals surface area contributed by atoms with Crippen LogP contribution in [-0.2, 0) is 6.42 Å². The van der Waals surface area contributed by atoms with Gasteiger partial charge in [0.25, 0.3) is 0 Å². The fraction of sp³-hybridized carbons (Fsp3) is 0.500. The highest BCUT2D eigenvalue weighted by molar-refractivity contribution is 5.38. The summed E-state index contributed by atoms with van der Waals surface area (Å²) in [5, 5.41) is 0. The standard InChI is InChI=1S/C24H34O/c1-3-5-7-9-15-21(14-6-4-2)20-22-16-12-13-19-24(22)25-23-17-10-8-11-18-23/h8,10-13,16-19,21H,3-7,9,14-15,20H2,1-2H3. The number of ether oxygens (including phenoxy) is 1. The first-order valence-corrected chi connectivity index (χ1v) is 10.1. The van der Waals surface area contributed by atoms with Crippen LogP contribution < -0.4 is 4.74 Å². The SMILES string of the molecule is CCCCCCC(CCCC)Cc1ccccc1Oc1ccccc1. The Hall–Kier alpha value is -1.76. The summed E-state index contributed by atoms with van der Waals surface area (Å²) in [6, 6.07) is 18.7. The summed E-state index contributed by atoms with van der Waals surface area (Å²) < 4.78 is 6.16. The van der Waals surface area contributed by atoms with E-state index in [9.17, 15) is 0 Å². The Morgan fingerprint density at radius 1 is 0.720 bits per heavy atom. The van der Waals surface area contributed by atoms with Gasteiger partial charge in [-0.05, 0) is 36.1 Å². The van der Waals surface area contributed by atoms with Gasteiger partial charge >= 0.3 is 0 Å². The number of hydrogen-bond acceptors (Lipinski definition) is 1. The minimum atomic E-state index is 0.775. The first-order chi connectivity index (χ1) is 12.3. The van der Waals surface area contributed by atoms with E-state index in [2.05, 4.69) is 38.1 Å². The Balaban J connectivity index is 2.01. The average molecular weight is 339 g/mol. The van der Waals surface area contributed by atoms with Crippen LogP contribution in [0.4, 0.5) is 0 Å². The zero-order valence-corrected chi connectivity index (χ0v) is 16.0. The normalized spacial score (nSPS) is 12.1. The third kappa shape index (κ3) is 7.34. The van der Waals surface area contributed by atoms with Crippen molar-refractivity contribution in [2.75, 3.05) is 0 Å². The predicted molar refractivity (Wildman–Crippen MR) is 108 cm³/mol. The minimum Gasteiger partial charge on any atom is -0.457 e. The molecule has 1 nitrogen and oxygen atoms in total. The highest BCUT2D eigenvalue weighted by atomic mass is 16.5. The minimum absolute atomic E-state index is 0.775. The Labute approximate surface area is 154 Å². The molecule has 0 saturated heterocycles. The molecule has 0 aliphatic rings. The molecule has 1 unspecified atom stereocenters. The summed E-state index contributed by atoms with van der Waals surface area (Å²) in [5.41, 5.74) is 1.35. The molecule has 1 heteroatoms. The van der Waals surface area contributed by atoms with Crippen LogP contribution in [0.15, 0.2) is 54.6 Å². The second kappa shape index (κ2) is 11.7. The molecule has 0 N–H and O–H groups in total. The zero-order valence-electron chi connectivity index (χ0n) is 16.0. The van der Waals surface area contributed by atoms with Crippen LogP contribution in [0.25, 0.3) is 0 Å².